The quantitative estimate of drug-likeness (QED) is 0.423. The van der Waals surface area contributed by atoms with Crippen molar-refractivity contribution in [1.82, 2.24) is 9.96 Å². The maximum absolute atomic E-state index is 12.0. The minimum atomic E-state index is -0.583. The zero-order chi connectivity index (χ0) is 31.3. The fourth-order valence-electron chi connectivity index (χ4n) is 7.92. The van der Waals surface area contributed by atoms with Gasteiger partial charge in [-0.3, -0.25) is 14.4 Å². The predicted octanol–water partition coefficient (Wildman–Crippen LogP) is 4.84. The van der Waals surface area contributed by atoms with Gasteiger partial charge in [-0.2, -0.15) is 5.06 Å². The number of rotatable bonds is 7. The Hall–Kier alpha value is -2.78. The van der Waals surface area contributed by atoms with Gasteiger partial charge >= 0.3 is 0 Å². The highest BCUT2D eigenvalue weighted by Gasteiger charge is 2.56. The molecule has 2 aromatic carbocycles. The van der Waals surface area contributed by atoms with Crippen molar-refractivity contribution >= 4 is 11.8 Å². The Labute approximate surface area is 257 Å². The number of hydrogen-bond acceptors (Lipinski definition) is 6. The third kappa shape index (κ3) is 7.85. The van der Waals surface area contributed by atoms with Crippen LogP contribution >= 0.6 is 0 Å². The van der Waals surface area contributed by atoms with Crippen LogP contribution in [0.5, 0.6) is 0 Å². The molecule has 43 heavy (non-hydrogen) atoms. The molecule has 2 amide bonds. The number of carbonyl (C=O) groups excluding carboxylic acids is 2. The van der Waals surface area contributed by atoms with E-state index in [-0.39, 0.29) is 12.5 Å². The minimum Gasteiger partial charge on any atom is -0.394 e. The molecular formula is C35H52N4O4. The molecule has 8 nitrogen and oxygen atoms in total. The Morgan fingerprint density at radius 1 is 1.05 bits per heavy atom. The van der Waals surface area contributed by atoms with Crippen LogP contribution in [0.1, 0.15) is 75.7 Å². The van der Waals surface area contributed by atoms with Crippen molar-refractivity contribution < 1.29 is 19.5 Å². The van der Waals surface area contributed by atoms with Gasteiger partial charge in [0.2, 0.25) is 11.8 Å². The van der Waals surface area contributed by atoms with Crippen molar-refractivity contribution in [2.24, 2.45) is 40.6 Å². The molecule has 2 aliphatic heterocycles. The van der Waals surface area contributed by atoms with Crippen LogP contribution in [0.3, 0.4) is 0 Å². The second-order valence-electron chi connectivity index (χ2n) is 13.7. The largest absolute Gasteiger partial charge is 0.394 e. The van der Waals surface area contributed by atoms with Crippen LogP contribution in [0, 0.1) is 29.1 Å². The first-order valence-electron chi connectivity index (χ1n) is 16.0. The summed E-state index contributed by atoms with van der Waals surface area (Å²) in [5, 5.41) is 11.1. The monoisotopic (exact) mass is 592 g/mol. The van der Waals surface area contributed by atoms with Gasteiger partial charge in [0.05, 0.1) is 13.2 Å². The third-order valence-corrected chi connectivity index (χ3v) is 9.99. The number of benzene rings is 2. The molecule has 2 saturated heterocycles. The molecule has 4 fully saturated rings. The van der Waals surface area contributed by atoms with E-state index < -0.39 is 24.0 Å². The number of nitrogens with two attached hydrogens (primary N) is 2. The zero-order valence-electron chi connectivity index (χ0n) is 26.7. The topological polar surface area (TPSA) is 122 Å². The van der Waals surface area contributed by atoms with Crippen LogP contribution in [-0.2, 0) is 16.2 Å². The Kier molecular flexibility index (Phi) is 11.0. The van der Waals surface area contributed by atoms with Crippen LogP contribution < -0.4 is 11.5 Å². The average Bonchev–Trinajstić information content (AvgIpc) is 3.58. The normalized spacial score (nSPS) is 29.2. The summed E-state index contributed by atoms with van der Waals surface area (Å²) in [5.74, 6) is 2.20. The minimum absolute atomic E-state index is 0.146. The van der Waals surface area contributed by atoms with E-state index in [9.17, 15) is 14.7 Å². The number of primary amides is 2. The van der Waals surface area contributed by atoms with E-state index in [2.05, 4.69) is 32.7 Å². The van der Waals surface area contributed by atoms with E-state index in [0.717, 1.165) is 34.4 Å². The maximum Gasteiger partial charge on any atom is 0.248 e. The highest BCUT2D eigenvalue weighted by Crippen LogP contribution is 2.64. The summed E-state index contributed by atoms with van der Waals surface area (Å²) in [6.07, 6.45) is 6.09. The molecule has 5 unspecified atom stereocenters. The lowest BCUT2D eigenvalue weighted by Gasteiger charge is -2.63. The van der Waals surface area contributed by atoms with Gasteiger partial charge in [-0.25, -0.2) is 0 Å². The molecule has 0 spiro atoms. The van der Waals surface area contributed by atoms with Gasteiger partial charge in [0.15, 0.2) is 0 Å². The Morgan fingerprint density at radius 3 is 2.16 bits per heavy atom. The molecule has 4 aliphatic rings. The SMILES string of the molecule is CC1CC2CC(C)(C)[C@H]12.CCC1C(CO)ON(Cc2cccc(-c3ccc(C(N)=O)cc3)c2)C1C(N)=O.CN1CCCC1. The Bertz CT molecular complexity index is 1220. The molecule has 236 valence electrons. The first kappa shape index (κ1) is 33.1. The van der Waals surface area contributed by atoms with Crippen molar-refractivity contribution in [3.8, 4) is 11.1 Å². The number of carbonyl (C=O) groups is 2. The number of aliphatic hydroxyl groups is 1. The summed E-state index contributed by atoms with van der Waals surface area (Å²) in [4.78, 5) is 31.4. The highest BCUT2D eigenvalue weighted by molar-refractivity contribution is 5.93. The number of hydrogen-bond donors (Lipinski definition) is 3. The van der Waals surface area contributed by atoms with Gasteiger partial charge in [0, 0.05) is 11.5 Å². The van der Waals surface area contributed by atoms with Crippen LogP contribution in [0.2, 0.25) is 0 Å². The Morgan fingerprint density at radius 2 is 1.72 bits per heavy atom. The number of fused-ring (bicyclic) bond motifs is 1. The van der Waals surface area contributed by atoms with Gasteiger partial charge in [-0.05, 0) is 110 Å². The Balaban J connectivity index is 0.000000226. The van der Waals surface area contributed by atoms with E-state index in [0.29, 0.717) is 23.9 Å². The van der Waals surface area contributed by atoms with E-state index in [1.54, 1.807) is 17.2 Å². The molecule has 0 aromatic heterocycles. The summed E-state index contributed by atoms with van der Waals surface area (Å²) in [6.45, 7) is 12.0. The number of amides is 2. The molecule has 0 bridgehead atoms. The van der Waals surface area contributed by atoms with Gasteiger partial charge in [0.1, 0.15) is 12.1 Å². The lowest BCUT2D eigenvalue weighted by Crippen LogP contribution is -2.55. The second kappa shape index (κ2) is 14.3. The molecule has 8 heteroatoms. The molecule has 2 heterocycles. The molecule has 0 radical (unpaired) electrons. The molecule has 2 aromatic rings. The lowest BCUT2D eigenvalue weighted by atomic mass is 9.42. The van der Waals surface area contributed by atoms with Crippen LogP contribution in [0.4, 0.5) is 0 Å². The van der Waals surface area contributed by atoms with E-state index >= 15 is 0 Å². The molecule has 5 N–H and O–H groups in total. The van der Waals surface area contributed by atoms with Gasteiger partial charge in [0.25, 0.3) is 0 Å². The van der Waals surface area contributed by atoms with Crippen molar-refractivity contribution in [2.75, 3.05) is 26.7 Å². The van der Waals surface area contributed by atoms with Gasteiger partial charge in [-0.1, -0.05) is 58.0 Å². The molecule has 2 saturated carbocycles. The first-order chi connectivity index (χ1) is 20.4. The van der Waals surface area contributed by atoms with Gasteiger partial charge in [-0.15, -0.1) is 0 Å². The van der Waals surface area contributed by atoms with Crippen LogP contribution in [0.25, 0.3) is 11.1 Å². The number of hydroxylamine groups is 2. The van der Waals surface area contributed by atoms with E-state index in [1.165, 1.54) is 38.8 Å². The van der Waals surface area contributed by atoms with Crippen molar-refractivity contribution in [3.63, 3.8) is 0 Å². The number of likely N-dealkylation sites (tertiary alicyclic amines) is 1. The number of aliphatic hydroxyl groups excluding tert-OH is 1. The van der Waals surface area contributed by atoms with Crippen molar-refractivity contribution in [2.45, 2.75) is 78.5 Å². The highest BCUT2D eigenvalue weighted by atomic mass is 16.7. The van der Waals surface area contributed by atoms with E-state index in [4.69, 9.17) is 16.3 Å². The molecule has 2 aliphatic carbocycles. The lowest BCUT2D eigenvalue weighted by molar-refractivity contribution is -0.180. The summed E-state index contributed by atoms with van der Waals surface area (Å²) in [7, 11) is 2.17. The fourth-order valence-corrected chi connectivity index (χ4v) is 7.92. The zero-order valence-corrected chi connectivity index (χ0v) is 26.7. The number of nitrogens with zero attached hydrogens (tertiary/aromatic N) is 2. The predicted molar refractivity (Wildman–Crippen MR) is 171 cm³/mol. The van der Waals surface area contributed by atoms with Crippen molar-refractivity contribution in [1.29, 1.82) is 0 Å². The summed E-state index contributed by atoms with van der Waals surface area (Å²) < 4.78 is 0. The summed E-state index contributed by atoms with van der Waals surface area (Å²) >= 11 is 0. The summed E-state index contributed by atoms with van der Waals surface area (Å²) in [6, 6.07) is 14.3. The molecular weight excluding hydrogens is 540 g/mol. The van der Waals surface area contributed by atoms with Crippen LogP contribution in [0.15, 0.2) is 48.5 Å². The fraction of sp³-hybridized carbons (Fsp3) is 0.600. The third-order valence-electron chi connectivity index (χ3n) is 9.99. The van der Waals surface area contributed by atoms with Crippen molar-refractivity contribution in [3.05, 3.63) is 59.7 Å². The maximum atomic E-state index is 12.0. The van der Waals surface area contributed by atoms with Crippen LogP contribution in [-0.4, -0.2) is 65.8 Å². The summed E-state index contributed by atoms with van der Waals surface area (Å²) in [5.41, 5.74) is 14.9. The van der Waals surface area contributed by atoms with Gasteiger partial charge < -0.3 is 21.5 Å². The average molecular weight is 593 g/mol. The smallest absolute Gasteiger partial charge is 0.248 e. The molecule has 6 rings (SSSR count). The standard InChI is InChI=1S/C21H25N3O4.C9H16.C5H11N/c1-2-17-18(12-25)28-24(19(17)21(23)27)11-13-4-3-5-16(10-13)14-6-8-15(9-7-14)20(22)26;1-6-4-7-5-9(2,3)8(6)7;1-6-4-2-3-5-6/h3-10,17-19,25H,2,11-12H2,1H3,(H2,22,26)(H2,23,27);6-8H,4-5H2,1-3H3;2-5H2,1H3/t;6?,7?,8-;/m.1./s1. The molecule has 6 atom stereocenters. The second-order valence-corrected chi connectivity index (χ2v) is 13.7. The van der Waals surface area contributed by atoms with E-state index in [1.807, 2.05) is 43.3 Å². The first-order valence-corrected chi connectivity index (χ1v) is 16.0.